The number of alkyl carbamates (subject to hydrolysis) is 1. The molecule has 0 heterocycles. The van der Waals surface area contributed by atoms with Crippen LogP contribution in [0, 0.1) is 11.6 Å². The summed E-state index contributed by atoms with van der Waals surface area (Å²) in [6.45, 7) is 3.75. The summed E-state index contributed by atoms with van der Waals surface area (Å²) >= 11 is 0. The number of hydrogen-bond acceptors (Lipinski definition) is 2. The van der Waals surface area contributed by atoms with Gasteiger partial charge in [0.25, 0.3) is 0 Å². The highest BCUT2D eigenvalue weighted by Crippen LogP contribution is 2.12. The number of amides is 1. The van der Waals surface area contributed by atoms with Crippen LogP contribution in [0.25, 0.3) is 0 Å². The van der Waals surface area contributed by atoms with Gasteiger partial charge in [0.2, 0.25) is 0 Å². The Morgan fingerprint density at radius 3 is 2.61 bits per heavy atom. The van der Waals surface area contributed by atoms with Gasteiger partial charge >= 0.3 is 6.09 Å². The molecule has 0 bridgehead atoms. The van der Waals surface area contributed by atoms with Gasteiger partial charge in [-0.2, -0.15) is 0 Å². The molecular formula is C18H17F2NO2. The van der Waals surface area contributed by atoms with Gasteiger partial charge in [-0.05, 0) is 23.6 Å². The highest BCUT2D eigenvalue weighted by molar-refractivity contribution is 5.68. The highest BCUT2D eigenvalue weighted by Gasteiger charge is 2.13. The van der Waals surface area contributed by atoms with Crippen LogP contribution in [0.2, 0.25) is 0 Å². The minimum atomic E-state index is -0.656. The second-order valence-electron chi connectivity index (χ2n) is 4.99. The van der Waals surface area contributed by atoms with Crippen molar-refractivity contribution in [3.63, 3.8) is 0 Å². The number of nitrogens with one attached hydrogen (secondary N) is 1. The van der Waals surface area contributed by atoms with Crippen LogP contribution in [-0.2, 0) is 17.8 Å². The zero-order valence-corrected chi connectivity index (χ0v) is 12.5. The van der Waals surface area contributed by atoms with Crippen molar-refractivity contribution in [2.24, 2.45) is 0 Å². The molecule has 1 atom stereocenters. The van der Waals surface area contributed by atoms with Gasteiger partial charge in [0, 0.05) is 6.07 Å². The molecule has 23 heavy (non-hydrogen) atoms. The van der Waals surface area contributed by atoms with Crippen molar-refractivity contribution < 1.29 is 18.3 Å². The first-order chi connectivity index (χ1) is 11.1. The fourth-order valence-corrected chi connectivity index (χ4v) is 2.03. The van der Waals surface area contributed by atoms with Crippen LogP contribution in [0.1, 0.15) is 11.1 Å². The smallest absolute Gasteiger partial charge is 0.407 e. The summed E-state index contributed by atoms with van der Waals surface area (Å²) in [6, 6.07) is 12.1. The molecule has 0 aliphatic rings. The molecule has 0 aliphatic heterocycles. The molecule has 0 aliphatic carbocycles. The van der Waals surface area contributed by atoms with Gasteiger partial charge in [0.1, 0.15) is 18.2 Å². The molecule has 1 amide bonds. The number of halogens is 2. The molecule has 0 spiro atoms. The zero-order valence-electron chi connectivity index (χ0n) is 12.5. The molecule has 5 heteroatoms. The van der Waals surface area contributed by atoms with E-state index in [1.54, 1.807) is 0 Å². The summed E-state index contributed by atoms with van der Waals surface area (Å²) < 4.78 is 31.6. The molecule has 0 aromatic heterocycles. The average Bonchev–Trinajstić information content (AvgIpc) is 2.55. The Kier molecular flexibility index (Phi) is 5.86. The standard InChI is InChI=1S/C18H17F2NO2/c1-2-16(10-14-8-9-15(19)11-17(14)20)21-18(22)23-12-13-6-4-3-5-7-13/h2-9,11,16H,1,10,12H2,(H,21,22). The van der Waals surface area contributed by atoms with Crippen molar-refractivity contribution in [1.29, 1.82) is 0 Å². The molecule has 0 saturated carbocycles. The van der Waals surface area contributed by atoms with E-state index < -0.39 is 23.8 Å². The number of hydrogen-bond donors (Lipinski definition) is 1. The minimum Gasteiger partial charge on any atom is -0.445 e. The number of rotatable bonds is 6. The largest absolute Gasteiger partial charge is 0.445 e. The maximum atomic E-state index is 13.6. The van der Waals surface area contributed by atoms with Crippen molar-refractivity contribution in [3.8, 4) is 0 Å². The predicted octanol–water partition coefficient (Wildman–Crippen LogP) is 3.99. The first-order valence-electron chi connectivity index (χ1n) is 7.12. The van der Waals surface area contributed by atoms with E-state index in [-0.39, 0.29) is 13.0 Å². The lowest BCUT2D eigenvalue weighted by Crippen LogP contribution is -2.35. The molecule has 2 aromatic carbocycles. The Hall–Kier alpha value is -2.69. The Labute approximate surface area is 133 Å². The number of carbonyl (C=O) groups is 1. The first kappa shape index (κ1) is 16.7. The molecular weight excluding hydrogens is 300 g/mol. The van der Waals surface area contributed by atoms with Crippen LogP contribution in [-0.4, -0.2) is 12.1 Å². The van der Waals surface area contributed by atoms with Crippen LogP contribution in [0.5, 0.6) is 0 Å². The molecule has 1 N–H and O–H groups in total. The summed E-state index contributed by atoms with van der Waals surface area (Å²) in [5.41, 5.74) is 1.15. The maximum absolute atomic E-state index is 13.6. The van der Waals surface area contributed by atoms with Gasteiger partial charge in [-0.15, -0.1) is 6.58 Å². The van der Waals surface area contributed by atoms with Crippen LogP contribution >= 0.6 is 0 Å². The monoisotopic (exact) mass is 317 g/mol. The molecule has 0 fully saturated rings. The Morgan fingerprint density at radius 1 is 1.22 bits per heavy atom. The molecule has 120 valence electrons. The topological polar surface area (TPSA) is 38.3 Å². The summed E-state index contributed by atoms with van der Waals surface area (Å²) in [6.07, 6.45) is 1.02. The molecule has 0 saturated heterocycles. The van der Waals surface area contributed by atoms with Crippen LogP contribution in [0.4, 0.5) is 13.6 Å². The van der Waals surface area contributed by atoms with Crippen molar-refractivity contribution in [1.82, 2.24) is 5.32 Å². The van der Waals surface area contributed by atoms with E-state index in [1.165, 1.54) is 18.2 Å². The van der Waals surface area contributed by atoms with Crippen molar-refractivity contribution >= 4 is 6.09 Å². The van der Waals surface area contributed by atoms with E-state index in [4.69, 9.17) is 4.74 Å². The molecule has 1 unspecified atom stereocenters. The third-order valence-corrected chi connectivity index (χ3v) is 3.26. The Morgan fingerprint density at radius 2 is 1.96 bits per heavy atom. The lowest BCUT2D eigenvalue weighted by molar-refractivity contribution is 0.137. The van der Waals surface area contributed by atoms with Gasteiger partial charge in [0.15, 0.2) is 0 Å². The molecule has 3 nitrogen and oxygen atoms in total. The van der Waals surface area contributed by atoms with E-state index in [0.29, 0.717) is 5.56 Å². The highest BCUT2D eigenvalue weighted by atomic mass is 19.1. The zero-order chi connectivity index (χ0) is 16.7. The normalized spacial score (nSPS) is 11.6. The average molecular weight is 317 g/mol. The molecule has 0 radical (unpaired) electrons. The third kappa shape index (κ3) is 5.21. The summed E-state index contributed by atoms with van der Waals surface area (Å²) in [5, 5.41) is 2.59. The SMILES string of the molecule is C=CC(Cc1ccc(F)cc1F)NC(=O)OCc1ccccc1. The lowest BCUT2D eigenvalue weighted by atomic mass is 10.1. The first-order valence-corrected chi connectivity index (χ1v) is 7.12. The maximum Gasteiger partial charge on any atom is 0.407 e. The lowest BCUT2D eigenvalue weighted by Gasteiger charge is -2.15. The number of carbonyl (C=O) groups excluding carboxylic acids is 1. The summed E-state index contributed by atoms with van der Waals surface area (Å²) in [5.74, 6) is -1.30. The van der Waals surface area contributed by atoms with E-state index in [2.05, 4.69) is 11.9 Å². The molecule has 2 rings (SSSR count). The van der Waals surface area contributed by atoms with Gasteiger partial charge < -0.3 is 10.1 Å². The number of ether oxygens (including phenoxy) is 1. The van der Waals surface area contributed by atoms with Gasteiger partial charge in [0.05, 0.1) is 6.04 Å². The fraction of sp³-hybridized carbons (Fsp3) is 0.167. The second-order valence-corrected chi connectivity index (χ2v) is 4.99. The van der Waals surface area contributed by atoms with Gasteiger partial charge in [-0.3, -0.25) is 0 Å². The van der Waals surface area contributed by atoms with Gasteiger partial charge in [-0.25, -0.2) is 13.6 Å². The van der Waals surface area contributed by atoms with E-state index in [0.717, 1.165) is 11.6 Å². The van der Waals surface area contributed by atoms with Crippen LogP contribution in [0.15, 0.2) is 61.2 Å². The van der Waals surface area contributed by atoms with E-state index >= 15 is 0 Å². The fourth-order valence-electron chi connectivity index (χ4n) is 2.03. The summed E-state index contributed by atoms with van der Waals surface area (Å²) in [7, 11) is 0. The van der Waals surface area contributed by atoms with Crippen molar-refractivity contribution in [2.75, 3.05) is 0 Å². The second kappa shape index (κ2) is 8.08. The number of benzene rings is 2. The van der Waals surface area contributed by atoms with E-state index in [1.807, 2.05) is 30.3 Å². The quantitative estimate of drug-likeness (QED) is 0.818. The van der Waals surface area contributed by atoms with Crippen molar-refractivity contribution in [3.05, 3.63) is 83.9 Å². The Bertz CT molecular complexity index is 674. The van der Waals surface area contributed by atoms with Gasteiger partial charge in [-0.1, -0.05) is 42.5 Å². The summed E-state index contributed by atoms with van der Waals surface area (Å²) in [4.78, 5) is 11.8. The van der Waals surface area contributed by atoms with Crippen LogP contribution < -0.4 is 5.32 Å². The third-order valence-electron chi connectivity index (χ3n) is 3.26. The van der Waals surface area contributed by atoms with Crippen molar-refractivity contribution in [2.45, 2.75) is 19.1 Å². The molecule has 2 aromatic rings. The Balaban J connectivity index is 1.88. The minimum absolute atomic E-state index is 0.140. The van der Waals surface area contributed by atoms with E-state index in [9.17, 15) is 13.6 Å². The van der Waals surface area contributed by atoms with Crippen LogP contribution in [0.3, 0.4) is 0 Å². The predicted molar refractivity (Wildman–Crippen MR) is 83.8 cm³/mol.